The van der Waals surface area contributed by atoms with Crippen LogP contribution in [-0.4, -0.2) is 79.0 Å². The van der Waals surface area contributed by atoms with E-state index >= 15 is 0 Å². The number of hydrogen-bond acceptors (Lipinski definition) is 8. The number of aromatic hydroxyl groups is 1. The summed E-state index contributed by atoms with van der Waals surface area (Å²) in [5.41, 5.74) is 23.4. The van der Waals surface area contributed by atoms with E-state index in [2.05, 4.69) is 30.7 Å². The Hall–Kier alpha value is -5.34. The molecule has 0 heterocycles. The van der Waals surface area contributed by atoms with Crippen LogP contribution >= 0.6 is 0 Å². The number of ether oxygens (including phenoxy) is 1. The topological polar surface area (TPSA) is 263 Å². The molecule has 2 aromatic rings. The van der Waals surface area contributed by atoms with Gasteiger partial charge in [-0.05, 0) is 36.1 Å². The minimum Gasteiger partial charge on any atom is -0.508 e. The first-order valence-electron chi connectivity index (χ1n) is 13.9. The molecule has 0 aromatic heterocycles. The maximum atomic E-state index is 13.6. The Kier molecular flexibility index (Phi) is 14.5. The van der Waals surface area contributed by atoms with Crippen LogP contribution < -0.4 is 38.9 Å². The number of hydrogen-bond donors (Lipinski definition) is 8. The summed E-state index contributed by atoms with van der Waals surface area (Å²) in [6.45, 7) is 0.192. The Morgan fingerprint density at radius 2 is 1.45 bits per heavy atom. The highest BCUT2D eigenvalue weighted by molar-refractivity contribution is 5.94. The van der Waals surface area contributed by atoms with Gasteiger partial charge in [-0.25, -0.2) is 4.99 Å². The zero-order valence-corrected chi connectivity index (χ0v) is 24.6. The van der Waals surface area contributed by atoms with Crippen LogP contribution in [0.25, 0.3) is 0 Å². The first-order chi connectivity index (χ1) is 21.0. The molecule has 3 atom stereocenters. The largest absolute Gasteiger partial charge is 0.508 e. The molecule has 2 rings (SSSR count). The molecule has 44 heavy (non-hydrogen) atoms. The minimum atomic E-state index is -1.12. The van der Waals surface area contributed by atoms with Crippen molar-refractivity contribution in [2.45, 2.75) is 50.2 Å². The zero-order chi connectivity index (χ0) is 32.5. The predicted octanol–water partition coefficient (Wildman–Crippen LogP) is -1.48. The summed E-state index contributed by atoms with van der Waals surface area (Å²) in [5.74, 6) is -2.71. The monoisotopic (exact) mass is 611 g/mol. The number of esters is 1. The van der Waals surface area contributed by atoms with Gasteiger partial charge in [-0.2, -0.15) is 0 Å². The molecule has 0 saturated carbocycles. The van der Waals surface area contributed by atoms with Gasteiger partial charge < -0.3 is 48.7 Å². The van der Waals surface area contributed by atoms with Crippen LogP contribution in [0, 0.1) is 0 Å². The van der Waals surface area contributed by atoms with Gasteiger partial charge in [0.25, 0.3) is 0 Å². The summed E-state index contributed by atoms with van der Waals surface area (Å²) >= 11 is 0. The average molecular weight is 612 g/mol. The van der Waals surface area contributed by atoms with Gasteiger partial charge in [-0.3, -0.25) is 24.2 Å². The molecule has 0 spiro atoms. The van der Waals surface area contributed by atoms with Gasteiger partial charge in [-0.1, -0.05) is 42.5 Å². The first kappa shape index (κ1) is 34.9. The summed E-state index contributed by atoms with van der Waals surface area (Å²) < 4.78 is 4.61. The third-order valence-corrected chi connectivity index (χ3v) is 6.32. The fourth-order valence-corrected chi connectivity index (χ4v) is 4.12. The van der Waals surface area contributed by atoms with Crippen molar-refractivity contribution in [1.29, 1.82) is 0 Å². The van der Waals surface area contributed by atoms with E-state index in [1.165, 1.54) is 19.2 Å². The van der Waals surface area contributed by atoms with Crippen molar-refractivity contribution in [2.24, 2.45) is 32.9 Å². The molecule has 0 unspecified atom stereocenters. The fraction of sp³-hybridized carbons (Fsp3) is 0.379. The van der Waals surface area contributed by atoms with Gasteiger partial charge in [0.2, 0.25) is 17.7 Å². The first-order valence-corrected chi connectivity index (χ1v) is 13.9. The van der Waals surface area contributed by atoms with E-state index in [0.29, 0.717) is 12.0 Å². The second-order valence-electron chi connectivity index (χ2n) is 9.82. The lowest BCUT2D eigenvalue weighted by atomic mass is 10.0. The number of methoxy groups -OCH3 is 1. The summed E-state index contributed by atoms with van der Waals surface area (Å²) in [4.78, 5) is 59.6. The fourth-order valence-electron chi connectivity index (χ4n) is 4.12. The van der Waals surface area contributed by atoms with Gasteiger partial charge in [-0.15, -0.1) is 0 Å². The smallest absolute Gasteiger partial charge is 0.307 e. The normalized spacial score (nSPS) is 12.5. The second-order valence-corrected chi connectivity index (χ2v) is 9.82. The number of nitrogens with one attached hydrogen (secondary N) is 3. The highest BCUT2D eigenvalue weighted by Gasteiger charge is 2.29. The van der Waals surface area contributed by atoms with Gasteiger partial charge in [0, 0.05) is 25.9 Å². The minimum absolute atomic E-state index is 0.00278. The van der Waals surface area contributed by atoms with Gasteiger partial charge in [0.1, 0.15) is 23.9 Å². The van der Waals surface area contributed by atoms with Crippen molar-refractivity contribution in [3.05, 3.63) is 65.7 Å². The number of phenolic OH excluding ortho intramolecular Hbond substituents is 1. The number of nitrogens with zero attached hydrogens (tertiary/aromatic N) is 2. The predicted molar refractivity (Wildman–Crippen MR) is 165 cm³/mol. The molecule has 0 saturated heterocycles. The van der Waals surface area contributed by atoms with Crippen molar-refractivity contribution in [3.8, 4) is 5.75 Å². The van der Waals surface area contributed by atoms with Crippen molar-refractivity contribution in [3.63, 3.8) is 0 Å². The maximum Gasteiger partial charge on any atom is 0.307 e. The molecule has 15 heteroatoms. The molecule has 0 aliphatic rings. The van der Waals surface area contributed by atoms with E-state index in [4.69, 9.17) is 22.9 Å². The van der Waals surface area contributed by atoms with Crippen LogP contribution in [0.15, 0.2) is 64.6 Å². The summed E-state index contributed by atoms with van der Waals surface area (Å²) in [5, 5.41) is 17.6. The average Bonchev–Trinajstić information content (AvgIpc) is 2.98. The molecule has 0 aliphatic heterocycles. The van der Waals surface area contributed by atoms with Crippen LogP contribution in [0.5, 0.6) is 5.75 Å². The Morgan fingerprint density at radius 3 is 2.07 bits per heavy atom. The molecule has 3 amide bonds. The Bertz CT molecular complexity index is 1290. The lowest BCUT2D eigenvalue weighted by Crippen LogP contribution is -2.55. The number of carbonyl (C=O) groups is 4. The summed E-state index contributed by atoms with van der Waals surface area (Å²) in [6, 6.07) is 11.9. The summed E-state index contributed by atoms with van der Waals surface area (Å²) in [6.07, 6.45) is 0.597. The van der Waals surface area contributed by atoms with E-state index in [1.807, 2.05) is 6.07 Å². The van der Waals surface area contributed by atoms with E-state index in [-0.39, 0.29) is 56.4 Å². The van der Waals surface area contributed by atoms with Crippen LogP contribution in [0.1, 0.15) is 30.4 Å². The number of guanidine groups is 2. The zero-order valence-electron chi connectivity index (χ0n) is 24.6. The third-order valence-electron chi connectivity index (χ3n) is 6.32. The molecular weight excluding hydrogens is 570 g/mol. The van der Waals surface area contributed by atoms with Crippen molar-refractivity contribution < 1.29 is 29.0 Å². The Balaban J connectivity index is 2.27. The van der Waals surface area contributed by atoms with Crippen LogP contribution in [0.2, 0.25) is 0 Å². The van der Waals surface area contributed by atoms with Crippen molar-refractivity contribution >= 4 is 35.6 Å². The second kappa shape index (κ2) is 18.3. The molecular formula is C29H41N9O6. The lowest BCUT2D eigenvalue weighted by molar-refractivity contribution is -0.140. The number of benzene rings is 2. The third kappa shape index (κ3) is 13.1. The highest BCUT2D eigenvalue weighted by atomic mass is 16.5. The molecule has 0 radical (unpaired) electrons. The van der Waals surface area contributed by atoms with E-state index < -0.39 is 41.8 Å². The number of carbonyl (C=O) groups excluding carboxylic acids is 4. The molecule has 238 valence electrons. The number of aliphatic imine (C=N–C) groups is 2. The lowest BCUT2D eigenvalue weighted by Gasteiger charge is -2.24. The Labute approximate surface area is 255 Å². The highest BCUT2D eigenvalue weighted by Crippen LogP contribution is 2.13. The van der Waals surface area contributed by atoms with E-state index in [0.717, 1.165) is 5.56 Å². The van der Waals surface area contributed by atoms with Gasteiger partial charge in [0.05, 0.1) is 13.5 Å². The molecule has 12 N–H and O–H groups in total. The standard InChI is InChI=1S/C29H41N9O6/c1-44-24(40)13-15-34-25(41)22(16-18-6-3-2-4-7-18)37-26(42)21(8-5-14-35-28(30)31)36-27(43)23(38-29(32)33)17-19-9-11-20(39)12-10-19/h2-4,6-7,9-12,21-23,39H,5,8,13-17H2,1H3,(H,34,41)(H,36,43)(H,37,42)(H4,30,31,35)(H4,32,33,38)/t21-,22+,23+/m1/s1. The molecule has 15 nitrogen and oxygen atoms in total. The summed E-state index contributed by atoms with van der Waals surface area (Å²) in [7, 11) is 1.24. The maximum absolute atomic E-state index is 13.6. The molecule has 2 aromatic carbocycles. The van der Waals surface area contributed by atoms with Crippen LogP contribution in [0.4, 0.5) is 0 Å². The molecule has 0 bridgehead atoms. The number of phenols is 1. The molecule has 0 aliphatic carbocycles. The van der Waals surface area contributed by atoms with Crippen LogP contribution in [0.3, 0.4) is 0 Å². The van der Waals surface area contributed by atoms with Gasteiger partial charge >= 0.3 is 5.97 Å². The van der Waals surface area contributed by atoms with Crippen molar-refractivity contribution in [1.82, 2.24) is 16.0 Å². The SMILES string of the molecule is COC(=O)CCNC(=O)[C@H](Cc1ccccc1)NC(=O)[C@@H](CCCN=C(N)N)NC(=O)[C@H](Cc1ccc(O)cc1)N=C(N)N. The quantitative estimate of drug-likeness (QED) is 0.0445. The van der Waals surface area contributed by atoms with Crippen molar-refractivity contribution in [2.75, 3.05) is 20.2 Å². The number of nitrogens with two attached hydrogens (primary N) is 4. The molecule has 0 fully saturated rings. The van der Waals surface area contributed by atoms with E-state index in [1.54, 1.807) is 36.4 Å². The number of rotatable bonds is 17. The van der Waals surface area contributed by atoms with Crippen LogP contribution in [-0.2, 0) is 36.8 Å². The number of amides is 3. The Morgan fingerprint density at radius 1 is 0.818 bits per heavy atom. The van der Waals surface area contributed by atoms with E-state index in [9.17, 15) is 24.3 Å². The van der Waals surface area contributed by atoms with Gasteiger partial charge in [0.15, 0.2) is 11.9 Å².